The molecule has 2 nitrogen and oxygen atoms in total. The standard InChI is InChI=1S/C16H12Cl2O2/c17-12-7-11(8-13(18)9-12)15(19)14-5-1-3-10-4-2-6-20-16(10)14/h1,3,5,7-9H,2,4,6H2. The molecule has 2 aromatic rings. The zero-order valence-electron chi connectivity index (χ0n) is 10.7. The lowest BCUT2D eigenvalue weighted by Gasteiger charge is -2.19. The van der Waals surface area contributed by atoms with Gasteiger partial charge in [0.25, 0.3) is 0 Å². The summed E-state index contributed by atoms with van der Waals surface area (Å²) in [7, 11) is 0. The van der Waals surface area contributed by atoms with Crippen molar-refractivity contribution in [2.75, 3.05) is 6.61 Å². The van der Waals surface area contributed by atoms with Gasteiger partial charge in [-0.1, -0.05) is 35.3 Å². The van der Waals surface area contributed by atoms with Gasteiger partial charge in [-0.05, 0) is 42.7 Å². The number of rotatable bonds is 2. The van der Waals surface area contributed by atoms with Crippen molar-refractivity contribution in [2.24, 2.45) is 0 Å². The number of carbonyl (C=O) groups is 1. The fraction of sp³-hybridized carbons (Fsp3) is 0.188. The molecule has 20 heavy (non-hydrogen) atoms. The second-order valence-corrected chi connectivity index (χ2v) is 5.61. The maximum absolute atomic E-state index is 12.6. The van der Waals surface area contributed by atoms with E-state index in [1.54, 1.807) is 24.3 Å². The van der Waals surface area contributed by atoms with Crippen molar-refractivity contribution in [2.45, 2.75) is 12.8 Å². The molecule has 1 aliphatic rings. The summed E-state index contributed by atoms with van der Waals surface area (Å²) in [5.74, 6) is 0.577. The molecule has 0 atom stereocenters. The van der Waals surface area contributed by atoms with Crippen molar-refractivity contribution < 1.29 is 9.53 Å². The van der Waals surface area contributed by atoms with Gasteiger partial charge in [-0.3, -0.25) is 4.79 Å². The molecule has 0 N–H and O–H groups in total. The van der Waals surface area contributed by atoms with Crippen molar-refractivity contribution >= 4 is 29.0 Å². The smallest absolute Gasteiger partial charge is 0.196 e. The summed E-state index contributed by atoms with van der Waals surface area (Å²) < 4.78 is 5.67. The molecule has 102 valence electrons. The Kier molecular flexibility index (Phi) is 3.68. The summed E-state index contributed by atoms with van der Waals surface area (Å²) in [5, 5.41) is 0.901. The molecule has 0 aliphatic carbocycles. The minimum atomic E-state index is -0.117. The van der Waals surface area contributed by atoms with E-state index in [9.17, 15) is 4.79 Å². The van der Waals surface area contributed by atoms with Gasteiger partial charge in [-0.25, -0.2) is 0 Å². The third kappa shape index (κ3) is 2.54. The fourth-order valence-electron chi connectivity index (χ4n) is 2.41. The molecule has 0 saturated heterocycles. The van der Waals surface area contributed by atoms with E-state index >= 15 is 0 Å². The number of benzene rings is 2. The number of ether oxygens (including phenoxy) is 1. The van der Waals surface area contributed by atoms with Crippen LogP contribution in [0.3, 0.4) is 0 Å². The van der Waals surface area contributed by atoms with E-state index in [1.165, 1.54) is 0 Å². The van der Waals surface area contributed by atoms with Gasteiger partial charge in [0.1, 0.15) is 5.75 Å². The molecular weight excluding hydrogens is 295 g/mol. The van der Waals surface area contributed by atoms with Crippen molar-refractivity contribution in [1.82, 2.24) is 0 Å². The predicted molar refractivity (Wildman–Crippen MR) is 80.2 cm³/mol. The van der Waals surface area contributed by atoms with Gasteiger partial charge in [-0.15, -0.1) is 0 Å². The molecule has 1 heterocycles. The van der Waals surface area contributed by atoms with E-state index in [0.717, 1.165) is 18.4 Å². The van der Waals surface area contributed by atoms with E-state index in [1.807, 2.05) is 12.1 Å². The molecule has 3 rings (SSSR count). The van der Waals surface area contributed by atoms with Crippen LogP contribution in [0.5, 0.6) is 5.75 Å². The molecule has 0 bridgehead atoms. The first-order chi connectivity index (χ1) is 9.65. The topological polar surface area (TPSA) is 26.3 Å². The monoisotopic (exact) mass is 306 g/mol. The van der Waals surface area contributed by atoms with Gasteiger partial charge >= 0.3 is 0 Å². The minimum absolute atomic E-state index is 0.117. The molecule has 1 aliphatic heterocycles. The number of fused-ring (bicyclic) bond motifs is 1. The van der Waals surface area contributed by atoms with Crippen LogP contribution in [-0.4, -0.2) is 12.4 Å². The largest absolute Gasteiger partial charge is 0.493 e. The average molecular weight is 307 g/mol. The summed E-state index contributed by atoms with van der Waals surface area (Å²) in [6.45, 7) is 0.646. The maximum atomic E-state index is 12.6. The van der Waals surface area contributed by atoms with Gasteiger partial charge in [-0.2, -0.15) is 0 Å². The van der Waals surface area contributed by atoms with Crippen LogP contribution in [0.2, 0.25) is 10.0 Å². The van der Waals surface area contributed by atoms with E-state index in [-0.39, 0.29) is 5.78 Å². The van der Waals surface area contributed by atoms with Crippen LogP contribution >= 0.6 is 23.2 Å². The number of para-hydroxylation sites is 1. The van der Waals surface area contributed by atoms with E-state index in [0.29, 0.717) is 33.5 Å². The van der Waals surface area contributed by atoms with Gasteiger partial charge in [0.05, 0.1) is 12.2 Å². The second kappa shape index (κ2) is 5.47. The van der Waals surface area contributed by atoms with Crippen LogP contribution in [0.4, 0.5) is 0 Å². The first-order valence-electron chi connectivity index (χ1n) is 6.40. The molecule has 4 heteroatoms. The lowest BCUT2D eigenvalue weighted by molar-refractivity contribution is 0.103. The fourth-order valence-corrected chi connectivity index (χ4v) is 2.93. The number of hydrogen-bond donors (Lipinski definition) is 0. The first-order valence-corrected chi connectivity index (χ1v) is 7.16. The highest BCUT2D eigenvalue weighted by molar-refractivity contribution is 6.35. The maximum Gasteiger partial charge on any atom is 0.196 e. The average Bonchev–Trinajstić information content (AvgIpc) is 2.45. The molecule has 0 aromatic heterocycles. The summed E-state index contributed by atoms with van der Waals surface area (Å²) >= 11 is 11.9. The summed E-state index contributed by atoms with van der Waals surface area (Å²) in [6.07, 6.45) is 1.92. The normalized spacial score (nSPS) is 13.5. The van der Waals surface area contributed by atoms with Gasteiger partial charge in [0, 0.05) is 15.6 Å². The third-order valence-corrected chi connectivity index (χ3v) is 3.74. The Balaban J connectivity index is 2.06. The first kappa shape index (κ1) is 13.5. The molecule has 0 saturated carbocycles. The Morgan fingerprint density at radius 1 is 1.10 bits per heavy atom. The molecule has 0 unspecified atom stereocenters. The van der Waals surface area contributed by atoms with E-state index in [4.69, 9.17) is 27.9 Å². The van der Waals surface area contributed by atoms with Gasteiger partial charge in [0.15, 0.2) is 5.78 Å². The number of carbonyl (C=O) groups excluding carboxylic acids is 1. The van der Waals surface area contributed by atoms with Crippen LogP contribution in [0.1, 0.15) is 27.9 Å². The van der Waals surface area contributed by atoms with Crippen LogP contribution < -0.4 is 4.74 Å². The minimum Gasteiger partial charge on any atom is -0.493 e. The summed E-state index contributed by atoms with van der Waals surface area (Å²) in [5.41, 5.74) is 2.13. The Labute approximate surface area is 127 Å². The number of hydrogen-bond acceptors (Lipinski definition) is 2. The Hall–Kier alpha value is -1.51. The van der Waals surface area contributed by atoms with Gasteiger partial charge < -0.3 is 4.74 Å². The number of halogens is 2. The molecule has 2 aromatic carbocycles. The van der Waals surface area contributed by atoms with Gasteiger partial charge in [0.2, 0.25) is 0 Å². The lowest BCUT2D eigenvalue weighted by atomic mass is 9.97. The zero-order chi connectivity index (χ0) is 14.1. The summed E-state index contributed by atoms with van der Waals surface area (Å²) in [4.78, 5) is 12.6. The third-order valence-electron chi connectivity index (χ3n) is 3.30. The molecule has 0 radical (unpaired) electrons. The zero-order valence-corrected chi connectivity index (χ0v) is 12.2. The Morgan fingerprint density at radius 3 is 2.60 bits per heavy atom. The number of ketones is 1. The second-order valence-electron chi connectivity index (χ2n) is 4.73. The van der Waals surface area contributed by atoms with Crippen LogP contribution in [0, 0.1) is 0 Å². The highest BCUT2D eigenvalue weighted by atomic mass is 35.5. The highest BCUT2D eigenvalue weighted by Crippen LogP contribution is 2.31. The summed E-state index contributed by atoms with van der Waals surface area (Å²) in [6, 6.07) is 10.5. The van der Waals surface area contributed by atoms with E-state index < -0.39 is 0 Å². The van der Waals surface area contributed by atoms with Crippen molar-refractivity contribution in [3.8, 4) is 5.75 Å². The molecular formula is C16H12Cl2O2. The molecule has 0 amide bonds. The van der Waals surface area contributed by atoms with Crippen LogP contribution in [0.25, 0.3) is 0 Å². The predicted octanol–water partition coefficient (Wildman–Crippen LogP) is 4.55. The van der Waals surface area contributed by atoms with Crippen molar-refractivity contribution in [1.29, 1.82) is 0 Å². The Morgan fingerprint density at radius 2 is 1.85 bits per heavy atom. The number of aryl methyl sites for hydroxylation is 1. The highest BCUT2D eigenvalue weighted by Gasteiger charge is 2.20. The van der Waals surface area contributed by atoms with Crippen molar-refractivity contribution in [3.63, 3.8) is 0 Å². The van der Waals surface area contributed by atoms with E-state index in [2.05, 4.69) is 0 Å². The molecule has 0 spiro atoms. The molecule has 0 fully saturated rings. The van der Waals surface area contributed by atoms with Crippen LogP contribution in [-0.2, 0) is 6.42 Å². The SMILES string of the molecule is O=C(c1cc(Cl)cc(Cl)c1)c1cccc2c1OCCC2. The van der Waals surface area contributed by atoms with Crippen LogP contribution in [0.15, 0.2) is 36.4 Å². The lowest BCUT2D eigenvalue weighted by Crippen LogP contribution is -2.13. The Bertz CT molecular complexity index is 660. The quantitative estimate of drug-likeness (QED) is 0.761. The van der Waals surface area contributed by atoms with Crippen molar-refractivity contribution in [3.05, 3.63) is 63.1 Å².